The van der Waals surface area contributed by atoms with Gasteiger partial charge in [-0.05, 0) is 31.9 Å². The second-order valence-electron chi connectivity index (χ2n) is 8.17. The lowest BCUT2D eigenvalue weighted by Gasteiger charge is -2.23. The van der Waals surface area contributed by atoms with Crippen LogP contribution in [0.4, 0.5) is 11.5 Å². The number of amides is 1. The van der Waals surface area contributed by atoms with Crippen LogP contribution in [0, 0.1) is 13.8 Å². The summed E-state index contributed by atoms with van der Waals surface area (Å²) in [6.07, 6.45) is 0. The Labute approximate surface area is 213 Å². The number of nitrogens with zero attached hydrogens (tertiary/aromatic N) is 3. The van der Waals surface area contributed by atoms with Crippen LogP contribution in [0.25, 0.3) is 10.2 Å². The molecule has 0 spiro atoms. The van der Waals surface area contributed by atoms with Gasteiger partial charge in [0.1, 0.15) is 21.3 Å². The fraction of sp³-hybridized carbons (Fsp3) is 0.250. The van der Waals surface area contributed by atoms with Crippen molar-refractivity contribution in [3.8, 4) is 0 Å². The smallest absolute Gasteiger partial charge is 0.349 e. The number of nitrogens with two attached hydrogens (primary N) is 1. The lowest BCUT2D eigenvalue weighted by Crippen LogP contribution is -2.42. The summed E-state index contributed by atoms with van der Waals surface area (Å²) in [5.41, 5.74) is 5.20. The number of aromatic amines is 2. The Morgan fingerprint density at radius 3 is 2.49 bits per heavy atom. The second-order valence-corrected chi connectivity index (χ2v) is 9.17. The first-order valence-corrected chi connectivity index (χ1v) is 12.1. The number of likely N-dealkylation sites (N-methyl/N-ethyl adjacent to an activating group) is 1. The Bertz CT molecular complexity index is 1680. The van der Waals surface area contributed by atoms with E-state index in [0.717, 1.165) is 26.4 Å². The van der Waals surface area contributed by atoms with Crippen LogP contribution in [0.2, 0.25) is 0 Å². The van der Waals surface area contributed by atoms with E-state index in [9.17, 15) is 24.0 Å². The molecule has 0 aliphatic rings. The van der Waals surface area contributed by atoms with E-state index >= 15 is 0 Å². The first-order chi connectivity index (χ1) is 17.6. The summed E-state index contributed by atoms with van der Waals surface area (Å²) < 4.78 is 6.38. The molecule has 0 bridgehead atoms. The molecule has 0 fully saturated rings. The summed E-state index contributed by atoms with van der Waals surface area (Å²) >= 11 is 0.988. The normalized spacial score (nSPS) is 11.0. The maximum absolute atomic E-state index is 13.0. The van der Waals surface area contributed by atoms with Crippen molar-refractivity contribution in [1.82, 2.24) is 19.5 Å². The van der Waals surface area contributed by atoms with Crippen molar-refractivity contribution in [2.24, 2.45) is 0 Å². The van der Waals surface area contributed by atoms with Crippen LogP contribution in [-0.2, 0) is 16.1 Å². The van der Waals surface area contributed by atoms with Crippen LogP contribution in [0.1, 0.15) is 33.5 Å². The number of benzene rings is 1. The number of anilines is 2. The number of esters is 1. The van der Waals surface area contributed by atoms with Gasteiger partial charge in [-0.3, -0.25) is 23.9 Å². The summed E-state index contributed by atoms with van der Waals surface area (Å²) in [7, 11) is 0. The van der Waals surface area contributed by atoms with Crippen molar-refractivity contribution in [2.75, 3.05) is 23.8 Å². The third-order valence-electron chi connectivity index (χ3n) is 5.72. The van der Waals surface area contributed by atoms with E-state index in [1.165, 1.54) is 0 Å². The number of carbonyl (C=O) groups is 2. The van der Waals surface area contributed by atoms with Gasteiger partial charge in [-0.2, -0.15) is 0 Å². The Hall–Kier alpha value is -4.52. The average Bonchev–Trinajstić information content (AvgIpc) is 3.19. The molecule has 4 N–H and O–H groups in total. The largest absolute Gasteiger partial charge is 0.451 e. The number of fused-ring (bicyclic) bond motifs is 1. The van der Waals surface area contributed by atoms with Gasteiger partial charge in [0.25, 0.3) is 17.0 Å². The number of nitrogen functional groups attached to an aromatic ring is 1. The number of aryl methyl sites for hydroxylation is 2. The Morgan fingerprint density at radius 1 is 1.11 bits per heavy atom. The zero-order chi connectivity index (χ0) is 26.9. The van der Waals surface area contributed by atoms with Crippen LogP contribution in [0.15, 0.2) is 44.7 Å². The minimum atomic E-state index is -0.839. The molecule has 4 rings (SSSR count). The highest BCUT2D eigenvalue weighted by Crippen LogP contribution is 2.27. The molecule has 3 aromatic heterocycles. The Balaban J connectivity index is 1.58. The predicted octanol–water partition coefficient (Wildman–Crippen LogP) is 1.29. The highest BCUT2D eigenvalue weighted by Gasteiger charge is 2.26. The number of hydrogen-bond donors (Lipinski definition) is 3. The first-order valence-electron chi connectivity index (χ1n) is 11.3. The molecular weight excluding hydrogens is 500 g/mol. The zero-order valence-electron chi connectivity index (χ0n) is 20.3. The maximum Gasteiger partial charge on any atom is 0.349 e. The van der Waals surface area contributed by atoms with E-state index in [4.69, 9.17) is 10.5 Å². The number of H-pyrrole nitrogens is 2. The SMILES string of the molecule is CCN(C(=O)COC(=O)c1sc2nc(C)[nH]c(=O)c2c1C)c1c(N)n(Cc2ccccc2)c(=O)[nH]c1=O. The van der Waals surface area contributed by atoms with Gasteiger partial charge in [0.2, 0.25) is 0 Å². The van der Waals surface area contributed by atoms with Crippen LogP contribution >= 0.6 is 11.3 Å². The quantitative estimate of drug-likeness (QED) is 0.303. The molecule has 12 nitrogen and oxygen atoms in total. The van der Waals surface area contributed by atoms with Gasteiger partial charge in [-0.15, -0.1) is 11.3 Å². The van der Waals surface area contributed by atoms with Gasteiger partial charge >= 0.3 is 11.7 Å². The number of nitrogens with one attached hydrogen (secondary N) is 2. The van der Waals surface area contributed by atoms with E-state index in [2.05, 4.69) is 15.0 Å². The standard InChI is InChI=1S/C24H24N6O6S/c1-4-29(17-19(25)30(24(35)28-21(17)33)10-14-8-6-5-7-9-14)15(31)11-36-23(34)18-12(2)16-20(32)26-13(3)27-22(16)37-18/h5-9H,4,10-11,25H2,1-3H3,(H,26,27,32)(H,28,33,35). The molecule has 0 atom stereocenters. The second kappa shape index (κ2) is 10.2. The van der Waals surface area contributed by atoms with Crippen molar-refractivity contribution in [3.63, 3.8) is 0 Å². The molecule has 0 radical (unpaired) electrons. The molecule has 3 heterocycles. The third-order valence-corrected chi connectivity index (χ3v) is 6.88. The zero-order valence-corrected chi connectivity index (χ0v) is 21.1. The molecule has 0 aliphatic carbocycles. The van der Waals surface area contributed by atoms with Gasteiger partial charge in [0.05, 0.1) is 11.9 Å². The van der Waals surface area contributed by atoms with E-state index in [1.807, 2.05) is 6.07 Å². The number of rotatable bonds is 7. The lowest BCUT2D eigenvalue weighted by molar-refractivity contribution is -0.121. The monoisotopic (exact) mass is 524 g/mol. The number of ether oxygens (including phenoxy) is 1. The van der Waals surface area contributed by atoms with E-state index in [0.29, 0.717) is 16.2 Å². The molecule has 0 saturated heterocycles. The Kier molecular flexibility index (Phi) is 7.07. The van der Waals surface area contributed by atoms with Crippen LogP contribution in [0.3, 0.4) is 0 Å². The van der Waals surface area contributed by atoms with Crippen LogP contribution in [-0.4, -0.2) is 44.5 Å². The summed E-state index contributed by atoms with van der Waals surface area (Å²) in [6.45, 7) is 4.24. The minimum Gasteiger partial charge on any atom is -0.451 e. The number of aromatic nitrogens is 4. The molecule has 0 aliphatic heterocycles. The maximum atomic E-state index is 13.0. The topological polar surface area (TPSA) is 173 Å². The fourth-order valence-corrected chi connectivity index (χ4v) is 5.06. The van der Waals surface area contributed by atoms with Gasteiger partial charge < -0.3 is 20.4 Å². The van der Waals surface area contributed by atoms with Gasteiger partial charge in [-0.25, -0.2) is 14.6 Å². The summed E-state index contributed by atoms with van der Waals surface area (Å²) in [6, 6.07) is 9.00. The average molecular weight is 525 g/mol. The lowest BCUT2D eigenvalue weighted by atomic mass is 10.2. The molecule has 37 heavy (non-hydrogen) atoms. The first kappa shape index (κ1) is 25.6. The van der Waals surface area contributed by atoms with Crippen molar-refractivity contribution >= 4 is 44.9 Å². The molecule has 0 saturated carbocycles. The molecule has 0 unspecified atom stereocenters. The van der Waals surface area contributed by atoms with Gasteiger partial charge in [0, 0.05) is 6.54 Å². The van der Waals surface area contributed by atoms with E-state index in [1.54, 1.807) is 45.0 Å². The Morgan fingerprint density at radius 2 is 1.81 bits per heavy atom. The molecule has 13 heteroatoms. The van der Waals surface area contributed by atoms with Gasteiger partial charge in [0.15, 0.2) is 12.3 Å². The minimum absolute atomic E-state index is 0.0215. The van der Waals surface area contributed by atoms with E-state index < -0.39 is 29.7 Å². The number of hydrogen-bond acceptors (Lipinski definition) is 9. The van der Waals surface area contributed by atoms with Crippen molar-refractivity contribution in [2.45, 2.75) is 27.3 Å². The van der Waals surface area contributed by atoms with Crippen LogP contribution in [0.5, 0.6) is 0 Å². The number of carbonyl (C=O) groups excluding carboxylic acids is 2. The fourth-order valence-electron chi connectivity index (χ4n) is 3.94. The van der Waals surface area contributed by atoms with E-state index in [-0.39, 0.29) is 40.4 Å². The van der Waals surface area contributed by atoms with Gasteiger partial charge in [-0.1, -0.05) is 30.3 Å². The highest BCUT2D eigenvalue weighted by atomic mass is 32.1. The number of thiophene rings is 1. The molecule has 1 aromatic carbocycles. The predicted molar refractivity (Wildman–Crippen MR) is 139 cm³/mol. The molecule has 4 aromatic rings. The van der Waals surface area contributed by atoms with Crippen LogP contribution < -0.4 is 27.4 Å². The summed E-state index contributed by atoms with van der Waals surface area (Å²) in [5, 5.41) is 0.282. The summed E-state index contributed by atoms with van der Waals surface area (Å²) in [4.78, 5) is 73.7. The van der Waals surface area contributed by atoms with Crippen molar-refractivity contribution in [1.29, 1.82) is 0 Å². The highest BCUT2D eigenvalue weighted by molar-refractivity contribution is 7.20. The molecular formula is C24H24N6O6S. The summed E-state index contributed by atoms with van der Waals surface area (Å²) in [5.74, 6) is -1.31. The molecule has 192 valence electrons. The molecule has 1 amide bonds. The van der Waals surface area contributed by atoms with Crippen molar-refractivity contribution in [3.05, 3.63) is 83.4 Å². The third kappa shape index (κ3) is 4.93. The van der Waals surface area contributed by atoms with Crippen molar-refractivity contribution < 1.29 is 14.3 Å².